The number of nitrogen functional groups attached to an aromatic ring is 1. The Morgan fingerprint density at radius 2 is 0.557 bits per heavy atom. The van der Waals surface area contributed by atoms with Gasteiger partial charge in [0.25, 0.3) is 0 Å². The van der Waals surface area contributed by atoms with Gasteiger partial charge in [-0.25, -0.2) is 0 Å². The summed E-state index contributed by atoms with van der Waals surface area (Å²) in [6.45, 7) is 0. The van der Waals surface area contributed by atoms with Gasteiger partial charge in [-0.3, -0.25) is 0 Å². The fourth-order valence-corrected chi connectivity index (χ4v) is 22.3. The van der Waals surface area contributed by atoms with Crippen LogP contribution in [-0.4, -0.2) is 16.5 Å². The Bertz CT molecular complexity index is 7050. The fourth-order valence-electron chi connectivity index (χ4n) is 16.4. The van der Waals surface area contributed by atoms with E-state index in [1.807, 2.05) is 91.0 Å². The lowest BCUT2D eigenvalue weighted by atomic mass is 10.00. The van der Waals surface area contributed by atoms with Crippen molar-refractivity contribution in [3.8, 4) is 11.1 Å². The van der Waals surface area contributed by atoms with E-state index in [1.54, 1.807) is 0 Å². The Hall–Kier alpha value is -11.8. The van der Waals surface area contributed by atoms with Crippen molar-refractivity contribution < 1.29 is 13.3 Å². The highest BCUT2D eigenvalue weighted by Gasteiger charge is 2.48. The average molecular weight is 1860 g/mol. The maximum atomic E-state index is 6.05. The van der Waals surface area contributed by atoms with E-state index in [1.165, 1.54) is 102 Å². The Morgan fingerprint density at radius 3 is 1.02 bits per heavy atom. The number of benzene rings is 19. The first-order valence-corrected chi connectivity index (χ1v) is 40.8. The van der Waals surface area contributed by atoms with E-state index >= 15 is 0 Å². The van der Waals surface area contributed by atoms with Crippen LogP contribution in [0, 0.1) is 0 Å². The molecule has 4 N–H and O–H groups in total. The average Bonchev–Trinajstić information content (AvgIpc) is 1.54. The molecule has 0 saturated heterocycles. The highest BCUT2D eigenvalue weighted by molar-refractivity contribution is 14.0. The molecule has 0 saturated carbocycles. The second kappa shape index (κ2) is 34.1. The van der Waals surface area contributed by atoms with Crippen molar-refractivity contribution in [2.75, 3.05) is 16.4 Å². The quantitative estimate of drug-likeness (QED) is 0.0665. The Balaban J connectivity index is 0.000000115. The monoisotopic (exact) mass is 1850 g/mol. The number of rotatable bonds is 6. The highest BCUT2D eigenvalue weighted by Crippen LogP contribution is 2.40. The molecule has 3 aromatic heterocycles. The summed E-state index contributed by atoms with van der Waals surface area (Å²) in [6, 6.07) is 138. The third-order valence-electron chi connectivity index (χ3n) is 21.4. The van der Waals surface area contributed by atoms with E-state index < -0.39 is 8.07 Å². The van der Waals surface area contributed by atoms with Gasteiger partial charge in [-0.2, -0.15) is 0 Å². The number of para-hydroxylation sites is 3. The molecular formula is C103H75BBr2I2N3O3Si. The highest BCUT2D eigenvalue weighted by atomic mass is 127. The molecule has 23 rings (SSSR count). The second-order valence-electron chi connectivity index (χ2n) is 27.9. The molecule has 0 amide bonds. The molecule has 4 heterocycles. The summed E-state index contributed by atoms with van der Waals surface area (Å²) >= 11 is 7.11. The maximum Gasteiger partial charge on any atom is 0.180 e. The Morgan fingerprint density at radius 1 is 0.243 bits per heavy atom. The minimum absolute atomic E-state index is 0. The number of hydrogen-bond donors (Lipinski definition) is 3. The van der Waals surface area contributed by atoms with Crippen LogP contribution in [-0.2, 0) is 0 Å². The summed E-state index contributed by atoms with van der Waals surface area (Å²) in [5.74, 6) is 0. The van der Waals surface area contributed by atoms with Crippen molar-refractivity contribution in [1.29, 1.82) is 0 Å². The van der Waals surface area contributed by atoms with Crippen LogP contribution in [0.1, 0.15) is 7.43 Å². The zero-order valence-electron chi connectivity index (χ0n) is 61.5. The zero-order chi connectivity index (χ0) is 74.4. The molecule has 555 valence electrons. The third-order valence-corrected chi connectivity index (χ3v) is 27.3. The van der Waals surface area contributed by atoms with Gasteiger partial charge in [-0.05, 0) is 171 Å². The minimum Gasteiger partial charge on any atom is -0.456 e. The molecule has 0 bridgehead atoms. The van der Waals surface area contributed by atoms with Crippen LogP contribution in [0.2, 0.25) is 0 Å². The van der Waals surface area contributed by atoms with Gasteiger partial charge in [-0.1, -0.05) is 330 Å². The summed E-state index contributed by atoms with van der Waals surface area (Å²) in [6.07, 6.45) is 0. The summed E-state index contributed by atoms with van der Waals surface area (Å²) in [5, 5.41) is 34.8. The molecule has 0 atom stereocenters. The van der Waals surface area contributed by atoms with Crippen LogP contribution in [0.15, 0.2) is 417 Å². The van der Waals surface area contributed by atoms with Gasteiger partial charge in [0.05, 0.1) is 0 Å². The van der Waals surface area contributed by atoms with E-state index in [4.69, 9.17) is 19.0 Å². The number of hydrogen-bond acceptors (Lipinski definition) is 6. The molecule has 0 spiro atoms. The topological polar surface area (TPSA) is 89.5 Å². The Labute approximate surface area is 720 Å². The lowest BCUT2D eigenvalue weighted by molar-refractivity contribution is 0.668. The van der Waals surface area contributed by atoms with Gasteiger partial charge in [0, 0.05) is 106 Å². The molecule has 12 heteroatoms. The molecule has 1 aliphatic heterocycles. The van der Waals surface area contributed by atoms with Crippen LogP contribution in [0.25, 0.3) is 142 Å². The first-order valence-electron chi connectivity index (χ1n) is 37.2. The molecule has 0 aliphatic carbocycles. The normalized spacial score (nSPS) is 11.6. The van der Waals surface area contributed by atoms with E-state index in [2.05, 4.69) is 346 Å². The summed E-state index contributed by atoms with van der Waals surface area (Å²) in [7, 11) is -2.27. The molecule has 0 fully saturated rings. The van der Waals surface area contributed by atoms with Crippen molar-refractivity contribution in [3.05, 3.63) is 403 Å². The first-order chi connectivity index (χ1) is 54.7. The molecule has 19 aromatic carbocycles. The lowest BCUT2D eigenvalue weighted by Gasteiger charge is -2.31. The van der Waals surface area contributed by atoms with E-state index in [0.29, 0.717) is 0 Å². The molecule has 3 radical (unpaired) electrons. The van der Waals surface area contributed by atoms with Crippen molar-refractivity contribution in [2.24, 2.45) is 0 Å². The standard InChI is InChI=1S/2C26H17NO.C24H17BrSi.C14H11N.C12H7BrO.CH4.B.2HI/c2*1-2-8-19-17(7-1)15-24(21-10-4-3-9-20(19)21)27-18-13-14-23-22-11-5-6-12-25(22)28-26(23)16-18;25-18-15-16-24-22(17-18)21-13-7-8-14-23(21)26(24,19-9-3-1-4-10-19)20-11-5-2-6-12-20;15-14-9-10-5-1-2-6-11(10)12-7-3-4-8-13(12)14;13-8-5-6-10-9-3-1-2-4-11(9)14-12(10)7-8;;;;/h2*1-16,27H;1-17H;1-9H,15H2;1-7H;1H4;;2*1H. The van der Waals surface area contributed by atoms with E-state index in [9.17, 15) is 0 Å². The summed E-state index contributed by atoms with van der Waals surface area (Å²) in [5.41, 5.74) is 19.4. The van der Waals surface area contributed by atoms with Gasteiger partial charge < -0.3 is 29.6 Å². The molecule has 1 aliphatic rings. The SMILES string of the molecule is Brc1ccc2c(c1)-c1ccccc1[Si]2(c1ccccc1)c1ccccc1.Brc1ccc2c(c1)oc1ccccc12.C.I.I.Nc1cc2ccccc2c2ccccc12.[B].c1ccc2c(c1)cc(Nc1ccc3c(c1)oc1ccccc13)c1ccccc12.c1ccc2c(c1)cc(Nc1ccc3c(c1)oc1ccccc13)c1ccccc12. The predicted molar refractivity (Wildman–Crippen MR) is 524 cm³/mol. The van der Waals surface area contributed by atoms with E-state index in [0.717, 1.165) is 97.8 Å². The van der Waals surface area contributed by atoms with Gasteiger partial charge in [0.15, 0.2) is 8.07 Å². The molecule has 6 nitrogen and oxygen atoms in total. The molecule has 115 heavy (non-hydrogen) atoms. The van der Waals surface area contributed by atoms with Crippen molar-refractivity contribution in [2.45, 2.75) is 7.43 Å². The van der Waals surface area contributed by atoms with Crippen LogP contribution in [0.5, 0.6) is 0 Å². The van der Waals surface area contributed by atoms with Crippen LogP contribution >= 0.6 is 79.8 Å². The van der Waals surface area contributed by atoms with E-state index in [-0.39, 0.29) is 63.8 Å². The summed E-state index contributed by atoms with van der Waals surface area (Å²) < 4.78 is 20.0. The zero-order valence-corrected chi connectivity index (χ0v) is 70.3. The summed E-state index contributed by atoms with van der Waals surface area (Å²) in [4.78, 5) is 0. The van der Waals surface area contributed by atoms with Crippen LogP contribution < -0.4 is 37.1 Å². The number of furan rings is 3. The number of nitrogens with two attached hydrogens (primary N) is 1. The van der Waals surface area contributed by atoms with Gasteiger partial charge in [0.2, 0.25) is 0 Å². The maximum absolute atomic E-state index is 6.05. The first kappa shape index (κ1) is 78.5. The van der Waals surface area contributed by atoms with Crippen molar-refractivity contribution >= 4 is 276 Å². The van der Waals surface area contributed by atoms with Crippen LogP contribution in [0.4, 0.5) is 28.4 Å². The molecule has 0 unspecified atom stereocenters. The van der Waals surface area contributed by atoms with Gasteiger partial charge >= 0.3 is 0 Å². The van der Waals surface area contributed by atoms with Crippen molar-refractivity contribution in [3.63, 3.8) is 0 Å². The smallest absolute Gasteiger partial charge is 0.180 e. The number of fused-ring (bicyclic) bond motifs is 21. The van der Waals surface area contributed by atoms with Crippen molar-refractivity contribution in [1.82, 2.24) is 0 Å². The largest absolute Gasteiger partial charge is 0.456 e. The van der Waals surface area contributed by atoms with Gasteiger partial charge in [-0.15, -0.1) is 48.0 Å². The lowest BCUT2D eigenvalue weighted by Crippen LogP contribution is -2.72. The van der Waals surface area contributed by atoms with Crippen LogP contribution in [0.3, 0.4) is 0 Å². The minimum atomic E-state index is -2.27. The fraction of sp³-hybridized carbons (Fsp3) is 0.00971. The number of anilines is 5. The molecule has 22 aromatic rings. The third kappa shape index (κ3) is 14.9. The number of nitrogens with one attached hydrogen (secondary N) is 2. The number of halogens is 4. The predicted octanol–water partition coefficient (Wildman–Crippen LogP) is 28.5. The Kier molecular flexibility index (Phi) is 23.3. The second-order valence-corrected chi connectivity index (χ2v) is 33.5. The van der Waals surface area contributed by atoms with Gasteiger partial charge in [0.1, 0.15) is 33.5 Å². The molecular weight excluding hydrogens is 1780 g/mol.